The van der Waals surface area contributed by atoms with E-state index in [4.69, 9.17) is 16.9 Å². The van der Waals surface area contributed by atoms with Crippen molar-refractivity contribution in [1.29, 1.82) is 5.26 Å². The molecule has 0 bridgehead atoms. The van der Waals surface area contributed by atoms with Crippen LogP contribution in [0.3, 0.4) is 0 Å². The van der Waals surface area contributed by atoms with Crippen LogP contribution in [-0.4, -0.2) is 27.7 Å². The van der Waals surface area contributed by atoms with Crippen LogP contribution in [0.4, 0.5) is 5.69 Å². The van der Waals surface area contributed by atoms with Crippen molar-refractivity contribution in [3.05, 3.63) is 47.0 Å². The molecule has 1 aliphatic heterocycles. The maximum Gasteiger partial charge on any atom is 0.127 e. The van der Waals surface area contributed by atoms with E-state index in [1.165, 1.54) is 0 Å². The lowest BCUT2D eigenvalue weighted by atomic mass is 9.92. The van der Waals surface area contributed by atoms with E-state index in [1.807, 2.05) is 19.1 Å². The summed E-state index contributed by atoms with van der Waals surface area (Å²) in [6.07, 6.45) is 3.83. The molecule has 6 heteroatoms. The number of nitrogens with zero attached hydrogens (tertiary/aromatic N) is 3. The number of hydrogen-bond acceptors (Lipinski definition) is 4. The van der Waals surface area contributed by atoms with Gasteiger partial charge in [-0.15, -0.1) is 0 Å². The summed E-state index contributed by atoms with van der Waals surface area (Å²) in [5.74, 6) is 0. The minimum Gasteiger partial charge on any atom is -0.381 e. The van der Waals surface area contributed by atoms with Gasteiger partial charge in [0.25, 0.3) is 0 Å². The van der Waals surface area contributed by atoms with Crippen LogP contribution in [0.2, 0.25) is 5.02 Å². The summed E-state index contributed by atoms with van der Waals surface area (Å²) in [5.41, 5.74) is 1.12. The van der Waals surface area contributed by atoms with E-state index in [2.05, 4.69) is 14.9 Å². The van der Waals surface area contributed by atoms with Gasteiger partial charge in [0.1, 0.15) is 11.7 Å². The fraction of sp³-hybridized carbons (Fsp3) is 0.333. The SMILES string of the molecule is C[C@@H]1N(c2ccc(C#N)c(Cl)c2)CC[C@@]1(O)c1cnc[nH]1. The molecular formula is C15H15ClN4O. The van der Waals surface area contributed by atoms with Crippen molar-refractivity contribution in [3.8, 4) is 6.07 Å². The van der Waals surface area contributed by atoms with E-state index >= 15 is 0 Å². The summed E-state index contributed by atoms with van der Waals surface area (Å²) in [7, 11) is 0. The molecule has 1 saturated heterocycles. The van der Waals surface area contributed by atoms with E-state index in [9.17, 15) is 5.11 Å². The Kier molecular flexibility index (Phi) is 3.36. The van der Waals surface area contributed by atoms with Gasteiger partial charge in [-0.2, -0.15) is 5.26 Å². The first-order valence-corrected chi connectivity index (χ1v) is 7.11. The van der Waals surface area contributed by atoms with Crippen molar-refractivity contribution in [2.45, 2.75) is 25.0 Å². The minimum absolute atomic E-state index is 0.123. The zero-order valence-electron chi connectivity index (χ0n) is 11.5. The Balaban J connectivity index is 1.92. The summed E-state index contributed by atoms with van der Waals surface area (Å²) >= 11 is 6.10. The van der Waals surface area contributed by atoms with Crippen molar-refractivity contribution in [3.63, 3.8) is 0 Å². The molecule has 2 atom stereocenters. The number of nitriles is 1. The average Bonchev–Trinajstić information content (AvgIpc) is 3.10. The van der Waals surface area contributed by atoms with E-state index in [1.54, 1.807) is 24.7 Å². The number of aromatic amines is 1. The van der Waals surface area contributed by atoms with Gasteiger partial charge >= 0.3 is 0 Å². The molecule has 1 aliphatic rings. The molecule has 0 amide bonds. The Morgan fingerprint density at radius 3 is 3.00 bits per heavy atom. The van der Waals surface area contributed by atoms with E-state index in [0.717, 1.165) is 11.4 Å². The highest BCUT2D eigenvalue weighted by Gasteiger charge is 2.45. The molecule has 108 valence electrons. The molecule has 0 aliphatic carbocycles. The third-order valence-electron chi connectivity index (χ3n) is 4.26. The second-order valence-electron chi connectivity index (χ2n) is 5.28. The van der Waals surface area contributed by atoms with Gasteiger partial charge in [-0.3, -0.25) is 0 Å². The molecule has 2 aromatic rings. The Morgan fingerprint density at radius 1 is 1.57 bits per heavy atom. The van der Waals surface area contributed by atoms with Gasteiger partial charge in [-0.25, -0.2) is 4.98 Å². The molecule has 3 rings (SSSR count). The molecule has 0 unspecified atom stereocenters. The number of hydrogen-bond donors (Lipinski definition) is 2. The van der Waals surface area contributed by atoms with Gasteiger partial charge in [0.05, 0.1) is 34.8 Å². The first-order valence-electron chi connectivity index (χ1n) is 6.74. The number of anilines is 1. The predicted molar refractivity (Wildman–Crippen MR) is 80.1 cm³/mol. The van der Waals surface area contributed by atoms with Crippen LogP contribution in [0.1, 0.15) is 24.6 Å². The molecule has 0 saturated carbocycles. The first kappa shape index (κ1) is 13.9. The molecule has 21 heavy (non-hydrogen) atoms. The highest BCUT2D eigenvalue weighted by Crippen LogP contribution is 2.39. The largest absolute Gasteiger partial charge is 0.381 e. The highest BCUT2D eigenvalue weighted by atomic mass is 35.5. The maximum atomic E-state index is 10.9. The van der Waals surface area contributed by atoms with Gasteiger partial charge in [-0.05, 0) is 25.1 Å². The molecule has 2 heterocycles. The number of halogens is 1. The topological polar surface area (TPSA) is 75.9 Å². The number of rotatable bonds is 2. The van der Waals surface area contributed by atoms with Crippen molar-refractivity contribution in [2.24, 2.45) is 0 Å². The smallest absolute Gasteiger partial charge is 0.127 e. The third kappa shape index (κ3) is 2.17. The molecule has 1 aromatic heterocycles. The molecular weight excluding hydrogens is 288 g/mol. The lowest BCUT2D eigenvalue weighted by Crippen LogP contribution is -2.40. The quantitative estimate of drug-likeness (QED) is 0.893. The lowest BCUT2D eigenvalue weighted by Gasteiger charge is -2.31. The fourth-order valence-electron chi connectivity index (χ4n) is 2.93. The molecule has 0 radical (unpaired) electrons. The lowest BCUT2D eigenvalue weighted by molar-refractivity contribution is 0.0290. The van der Waals surface area contributed by atoms with Gasteiger partial charge < -0.3 is 15.0 Å². The van der Waals surface area contributed by atoms with Crippen LogP contribution in [0.25, 0.3) is 0 Å². The van der Waals surface area contributed by atoms with Crippen molar-refractivity contribution < 1.29 is 5.11 Å². The standard InChI is InChI=1S/C15H15ClN4O/c1-10-15(21,14-8-18-9-19-14)4-5-20(10)12-3-2-11(7-17)13(16)6-12/h2-3,6,8-10,21H,4-5H2,1H3,(H,18,19)/t10-,15-/m0/s1. The Labute approximate surface area is 127 Å². The molecule has 2 N–H and O–H groups in total. The third-order valence-corrected chi connectivity index (χ3v) is 4.57. The Hall–Kier alpha value is -2.03. The molecule has 1 fully saturated rings. The second-order valence-corrected chi connectivity index (χ2v) is 5.69. The second kappa shape index (κ2) is 5.06. The van der Waals surface area contributed by atoms with E-state index in [-0.39, 0.29) is 6.04 Å². The zero-order chi connectivity index (χ0) is 15.0. The normalized spacial score (nSPS) is 25.0. The van der Waals surface area contributed by atoms with Crippen LogP contribution in [-0.2, 0) is 5.60 Å². The number of aromatic nitrogens is 2. The van der Waals surface area contributed by atoms with Crippen molar-refractivity contribution >= 4 is 17.3 Å². The fourth-order valence-corrected chi connectivity index (χ4v) is 3.15. The van der Waals surface area contributed by atoms with Crippen LogP contribution in [0.15, 0.2) is 30.7 Å². The zero-order valence-corrected chi connectivity index (χ0v) is 12.3. The van der Waals surface area contributed by atoms with Gasteiger partial charge in [-0.1, -0.05) is 11.6 Å². The molecule has 0 spiro atoms. The highest BCUT2D eigenvalue weighted by molar-refractivity contribution is 6.32. The number of benzene rings is 1. The molecule has 5 nitrogen and oxygen atoms in total. The van der Waals surface area contributed by atoms with Crippen LogP contribution >= 0.6 is 11.6 Å². The monoisotopic (exact) mass is 302 g/mol. The van der Waals surface area contributed by atoms with Gasteiger partial charge in [0, 0.05) is 18.7 Å². The van der Waals surface area contributed by atoms with E-state index < -0.39 is 5.60 Å². The summed E-state index contributed by atoms with van der Waals surface area (Å²) in [6, 6.07) is 7.27. The maximum absolute atomic E-state index is 10.9. The van der Waals surface area contributed by atoms with Crippen molar-refractivity contribution in [2.75, 3.05) is 11.4 Å². The summed E-state index contributed by atoms with van der Waals surface area (Å²) in [5, 5.41) is 20.3. The summed E-state index contributed by atoms with van der Waals surface area (Å²) in [4.78, 5) is 9.08. The number of H-pyrrole nitrogens is 1. The first-order chi connectivity index (χ1) is 10.1. The minimum atomic E-state index is -0.961. The van der Waals surface area contributed by atoms with Gasteiger partial charge in [0.2, 0.25) is 0 Å². The summed E-state index contributed by atoms with van der Waals surface area (Å²) < 4.78 is 0. The summed E-state index contributed by atoms with van der Waals surface area (Å²) in [6.45, 7) is 2.68. The van der Waals surface area contributed by atoms with Gasteiger partial charge in [0.15, 0.2) is 0 Å². The van der Waals surface area contributed by atoms with Crippen LogP contribution < -0.4 is 4.90 Å². The number of aliphatic hydroxyl groups is 1. The predicted octanol–water partition coefficient (Wildman–Crippen LogP) is 2.42. The van der Waals surface area contributed by atoms with E-state index in [0.29, 0.717) is 23.6 Å². The van der Waals surface area contributed by atoms with Crippen LogP contribution in [0, 0.1) is 11.3 Å². The Bertz CT molecular complexity index is 694. The Morgan fingerprint density at radius 2 is 2.38 bits per heavy atom. The number of imidazole rings is 1. The number of nitrogens with one attached hydrogen (secondary N) is 1. The molecule has 1 aromatic carbocycles. The average molecular weight is 303 g/mol. The van der Waals surface area contributed by atoms with Crippen LogP contribution in [0.5, 0.6) is 0 Å². The van der Waals surface area contributed by atoms with Crippen molar-refractivity contribution in [1.82, 2.24) is 9.97 Å².